The molecular formula is C82H105ClN20O14. The second-order valence-corrected chi connectivity index (χ2v) is 29.5. The van der Waals surface area contributed by atoms with E-state index in [9.17, 15) is 53.1 Å². The lowest BCUT2D eigenvalue weighted by molar-refractivity contribution is -0.142. The molecule has 0 spiro atoms. The Morgan fingerprint density at radius 1 is 0.530 bits per heavy atom. The lowest BCUT2D eigenvalue weighted by atomic mass is 9.99. The Hall–Kier alpha value is -12.3. The molecule has 624 valence electrons. The Kier molecular flexibility index (Phi) is 35.7. The molecule has 13 amide bonds. The average Bonchev–Trinajstić information content (AvgIpc) is 1.81. The van der Waals surface area contributed by atoms with Crippen LogP contribution in [-0.4, -0.2) is 211 Å². The highest BCUT2D eigenvalue weighted by Gasteiger charge is 2.41. The molecule has 34 nitrogen and oxygen atoms in total. The first kappa shape index (κ1) is 90.2. The van der Waals surface area contributed by atoms with Crippen molar-refractivity contribution in [3.8, 4) is 0 Å². The molecule has 8 rings (SSSR count). The van der Waals surface area contributed by atoms with E-state index in [0.29, 0.717) is 53.2 Å². The molecule has 4 aromatic heterocycles. The van der Waals surface area contributed by atoms with Crippen molar-refractivity contribution in [1.29, 1.82) is 0 Å². The number of benzene rings is 3. The third-order valence-corrected chi connectivity index (χ3v) is 19.7. The Morgan fingerprint density at radius 2 is 1.08 bits per heavy atom. The number of primary amides is 1. The monoisotopic (exact) mass is 1630 g/mol. The lowest BCUT2D eigenvalue weighted by Gasteiger charge is -2.30. The number of carbonyl (C=O) groups is 13. The summed E-state index contributed by atoms with van der Waals surface area (Å²) in [6.07, 6.45) is 9.90. The number of anilines is 1. The van der Waals surface area contributed by atoms with Crippen LogP contribution < -0.4 is 75.3 Å². The number of imidazole rings is 1. The molecule has 35 heteroatoms. The number of carbonyl (C=O) groups excluding carboxylic acids is 13. The summed E-state index contributed by atoms with van der Waals surface area (Å²) in [6.45, 7) is 6.38. The van der Waals surface area contributed by atoms with Gasteiger partial charge in [-0.05, 0) is 154 Å². The van der Waals surface area contributed by atoms with Crippen LogP contribution in [0.4, 0.5) is 5.82 Å². The number of hydrogen-bond acceptors (Lipinski definition) is 20. The maximum Gasteiger partial charge on any atom is 0.269 e. The van der Waals surface area contributed by atoms with Gasteiger partial charge in [0.2, 0.25) is 65.0 Å². The molecule has 0 saturated carbocycles. The van der Waals surface area contributed by atoms with Crippen molar-refractivity contribution >= 4 is 105 Å². The Bertz CT molecular complexity index is 4490. The van der Waals surface area contributed by atoms with E-state index in [4.69, 9.17) is 23.1 Å². The van der Waals surface area contributed by atoms with E-state index in [2.05, 4.69) is 88.7 Å². The molecule has 1 fully saturated rings. The van der Waals surface area contributed by atoms with Crippen molar-refractivity contribution in [3.05, 3.63) is 185 Å². The summed E-state index contributed by atoms with van der Waals surface area (Å²) in [5.41, 5.74) is 13.5. The fourth-order valence-corrected chi connectivity index (χ4v) is 13.3. The van der Waals surface area contributed by atoms with Crippen molar-refractivity contribution < 1.29 is 67.4 Å². The molecule has 1 aliphatic rings. The third kappa shape index (κ3) is 29.5. The number of aliphatic hydroxyl groups excluding tert-OH is 1. The van der Waals surface area contributed by atoms with Crippen LogP contribution in [0.25, 0.3) is 10.8 Å². The molecule has 0 aliphatic carbocycles. The van der Waals surface area contributed by atoms with E-state index in [0.717, 1.165) is 10.8 Å². The van der Waals surface area contributed by atoms with E-state index in [-0.39, 0.29) is 120 Å². The second-order valence-electron chi connectivity index (χ2n) is 29.0. The molecule has 0 bridgehead atoms. The molecule has 0 unspecified atom stereocenters. The maximum atomic E-state index is 15.3. The molecule has 0 radical (unpaired) electrons. The summed E-state index contributed by atoms with van der Waals surface area (Å²) >= 11 is 6.27. The number of H-pyrrole nitrogens is 1. The minimum atomic E-state index is -1.86. The summed E-state index contributed by atoms with van der Waals surface area (Å²) in [4.78, 5) is 205. The average molecular weight is 1630 g/mol. The highest BCUT2D eigenvalue weighted by Crippen LogP contribution is 2.23. The van der Waals surface area contributed by atoms with Crippen LogP contribution in [0.15, 0.2) is 147 Å². The van der Waals surface area contributed by atoms with Gasteiger partial charge in [-0.25, -0.2) is 9.97 Å². The van der Waals surface area contributed by atoms with Crippen LogP contribution in [-0.2, 0) is 78.4 Å². The Labute approximate surface area is 682 Å². The van der Waals surface area contributed by atoms with Gasteiger partial charge in [0.15, 0.2) is 0 Å². The minimum absolute atomic E-state index is 0.0196. The lowest BCUT2D eigenvalue weighted by Crippen LogP contribution is -2.61. The number of amides is 13. The summed E-state index contributed by atoms with van der Waals surface area (Å²) in [7, 11) is 0. The second kappa shape index (κ2) is 46.3. The van der Waals surface area contributed by atoms with E-state index >= 15 is 14.4 Å². The van der Waals surface area contributed by atoms with Gasteiger partial charge in [0.05, 0.1) is 24.2 Å². The van der Waals surface area contributed by atoms with Gasteiger partial charge < -0.3 is 90.3 Å². The molecule has 117 heavy (non-hydrogen) atoms. The number of nitrogens with one attached hydrogen (secondary N) is 13. The van der Waals surface area contributed by atoms with Gasteiger partial charge in [0.1, 0.15) is 71.9 Å². The molecule has 7 aromatic rings. The SMILES string of the molecule is CC(=O)N[C@H](Cc1ccc2ccccc2c1)C(=O)N[C@H](Cc1ccc(Cl)cc1)C(=O)N[C@H](Cc1cccnc1)C(=O)N[C@@H](CO)C(=O)N[C@@H](CCCCNC(=O)c1ccccn1)C(=O)N[C@H](CCCCNC(=O)c1ccc(N)nc1)C(=O)N[C@@H](Cc1c[nH]cn1)C(=O)N[C@@H](CCCCNC(C)C)C(=O)N1CCC[C@H]1C(=O)N[C@H](C)C(N)=O. The number of hydrogen-bond donors (Lipinski definition) is 16. The number of likely N-dealkylation sites (tertiary alicyclic amines) is 1. The minimum Gasteiger partial charge on any atom is -0.394 e. The first-order chi connectivity index (χ1) is 56.2. The summed E-state index contributed by atoms with van der Waals surface area (Å²) in [5, 5.41) is 46.6. The number of halogens is 1. The first-order valence-corrected chi connectivity index (χ1v) is 39.5. The summed E-state index contributed by atoms with van der Waals surface area (Å²) in [6, 6.07) is 16.7. The Morgan fingerprint density at radius 3 is 1.65 bits per heavy atom. The zero-order valence-electron chi connectivity index (χ0n) is 65.9. The first-order valence-electron chi connectivity index (χ1n) is 39.1. The normalized spacial score (nSPS) is 14.8. The quantitative estimate of drug-likeness (QED) is 0.0240. The maximum absolute atomic E-state index is 15.3. The van der Waals surface area contributed by atoms with Crippen molar-refractivity contribution in [2.45, 2.75) is 190 Å². The van der Waals surface area contributed by atoms with E-state index in [1.54, 1.807) is 48.5 Å². The Balaban J connectivity index is 1.06. The summed E-state index contributed by atoms with van der Waals surface area (Å²) < 4.78 is 0. The number of fused-ring (bicyclic) bond motifs is 1. The van der Waals surface area contributed by atoms with Crippen LogP contribution in [0.2, 0.25) is 5.02 Å². The van der Waals surface area contributed by atoms with E-state index in [1.165, 1.54) is 74.3 Å². The topological polar surface area (TPSA) is 509 Å². The fraction of sp³-hybridized carbons (Fsp3) is 0.427. The van der Waals surface area contributed by atoms with Crippen LogP contribution in [0, 0.1) is 0 Å². The van der Waals surface area contributed by atoms with Crippen LogP contribution in [0.5, 0.6) is 0 Å². The van der Waals surface area contributed by atoms with Crippen molar-refractivity contribution in [3.63, 3.8) is 0 Å². The summed E-state index contributed by atoms with van der Waals surface area (Å²) in [5.74, 6) is -9.80. The fourth-order valence-electron chi connectivity index (χ4n) is 13.1. The predicted molar refractivity (Wildman–Crippen MR) is 435 cm³/mol. The predicted octanol–water partition coefficient (Wildman–Crippen LogP) is 1.49. The number of aromatic nitrogens is 5. The zero-order valence-corrected chi connectivity index (χ0v) is 66.6. The van der Waals surface area contributed by atoms with Gasteiger partial charge in [0.25, 0.3) is 11.8 Å². The van der Waals surface area contributed by atoms with Crippen LogP contribution in [0.1, 0.15) is 142 Å². The number of pyridine rings is 3. The molecule has 1 saturated heterocycles. The molecule has 18 N–H and O–H groups in total. The number of aliphatic hydroxyl groups is 1. The number of nitrogens with two attached hydrogens (primary N) is 2. The van der Waals surface area contributed by atoms with Crippen LogP contribution >= 0.6 is 11.6 Å². The molecule has 3 aromatic carbocycles. The van der Waals surface area contributed by atoms with E-state index < -0.39 is 144 Å². The molecular weight excluding hydrogens is 1520 g/mol. The standard InChI is InChI=1S/C82H105ClN20O14/c1-49(2)88-34-11-10-23-63(82(117)103-38-16-24-69(103)81(116)94-50(3)71(85)106)98-79(114)67(43-59-46-87-48-93-59)101-75(110)62(22-8-13-36-90-72(107)57-29-32-70(84)92-45-57)96-74(109)61(21-9-14-37-91-73(108)60-20-7-12-35-89-60)97-80(115)68(47-104)102-78(113)66(42-54-17-15-33-86-44-54)100-77(112)65(40-52-26-30-58(83)31-27-52)99-76(111)64(95-51(4)105)41-53-25-28-55-18-5-6-19-56(55)39-53/h5-7,12,15,17-20,25-33,35,39,44-46,48-50,61-69,88,104H,8-11,13-14,16,21-24,34,36-38,40-43,47H2,1-4H3,(H2,84,92)(H2,85,106)(H,87,93)(H,90,107)(H,91,108)(H,94,116)(H,95,105)(H,96,109)(H,97,115)(H,98,114)(H,99,111)(H,100,112)(H,101,110)(H,102,113)/t50-,61+,62-,63+,64-,65-,66-,67+,68+,69+/m1/s1. The van der Waals surface area contributed by atoms with Gasteiger partial charge in [-0.1, -0.05) is 92.2 Å². The van der Waals surface area contributed by atoms with Crippen molar-refractivity contribution in [2.75, 3.05) is 38.5 Å². The zero-order chi connectivity index (χ0) is 84.3. The molecule has 5 heterocycles. The van der Waals surface area contributed by atoms with Crippen molar-refractivity contribution in [1.82, 2.24) is 93.6 Å². The molecule has 10 atom stereocenters. The van der Waals surface area contributed by atoms with Gasteiger partial charge >= 0.3 is 0 Å². The number of nitrogens with zero attached hydrogens (tertiary/aromatic N) is 5. The highest BCUT2D eigenvalue weighted by atomic mass is 35.5. The number of nitrogen functional groups attached to an aromatic ring is 1. The van der Waals surface area contributed by atoms with E-state index in [1.807, 2.05) is 56.3 Å². The van der Waals surface area contributed by atoms with Crippen molar-refractivity contribution in [2.24, 2.45) is 5.73 Å². The largest absolute Gasteiger partial charge is 0.394 e. The number of rotatable bonds is 46. The third-order valence-electron chi connectivity index (χ3n) is 19.5. The van der Waals surface area contributed by atoms with Gasteiger partial charge in [-0.15, -0.1) is 0 Å². The van der Waals surface area contributed by atoms with Gasteiger partial charge in [-0.2, -0.15) is 0 Å². The van der Waals surface area contributed by atoms with Gasteiger partial charge in [0, 0.05) is 94.3 Å². The smallest absolute Gasteiger partial charge is 0.269 e. The van der Waals surface area contributed by atoms with Crippen LogP contribution in [0.3, 0.4) is 0 Å². The number of unbranched alkanes of at least 4 members (excludes halogenated alkanes) is 3. The molecule has 1 aliphatic heterocycles. The van der Waals surface area contributed by atoms with Gasteiger partial charge in [-0.3, -0.25) is 72.3 Å². The highest BCUT2D eigenvalue weighted by molar-refractivity contribution is 6.30. The number of aromatic amines is 1.